The first-order valence-electron chi connectivity index (χ1n) is 7.82. The van der Waals surface area contributed by atoms with E-state index in [0.717, 1.165) is 12.0 Å². The first-order valence-corrected chi connectivity index (χ1v) is 7.82. The van der Waals surface area contributed by atoms with E-state index >= 15 is 0 Å². The maximum atomic E-state index is 13.2. The lowest BCUT2D eigenvalue weighted by Gasteiger charge is -2.22. The molecule has 2 amide bonds. The van der Waals surface area contributed by atoms with Crippen molar-refractivity contribution >= 4 is 12.0 Å². The lowest BCUT2D eigenvalue weighted by atomic mass is 9.90. The molecule has 3 rings (SSSR count). The van der Waals surface area contributed by atoms with Gasteiger partial charge in [-0.05, 0) is 37.5 Å². The number of halogens is 1. The Hall–Kier alpha value is -2.11. The van der Waals surface area contributed by atoms with Crippen LogP contribution in [-0.4, -0.2) is 43.1 Å². The molecule has 0 unspecified atom stereocenters. The van der Waals surface area contributed by atoms with Crippen LogP contribution in [0.3, 0.4) is 0 Å². The smallest absolute Gasteiger partial charge is 0.317 e. The Morgan fingerprint density at radius 1 is 1.43 bits per heavy atom. The predicted octanol–water partition coefficient (Wildman–Crippen LogP) is 2.28. The minimum atomic E-state index is -0.627. The normalized spacial score (nSPS) is 29.3. The molecule has 3 atom stereocenters. The van der Waals surface area contributed by atoms with Gasteiger partial charge < -0.3 is 15.0 Å². The third-order valence-corrected chi connectivity index (χ3v) is 4.81. The van der Waals surface area contributed by atoms with Crippen molar-refractivity contribution in [1.82, 2.24) is 10.2 Å². The number of likely N-dealkylation sites (tertiary alicyclic amines) is 1. The lowest BCUT2D eigenvalue weighted by Crippen LogP contribution is -2.42. The van der Waals surface area contributed by atoms with Gasteiger partial charge in [-0.15, -0.1) is 0 Å². The molecule has 5 nitrogen and oxygen atoms in total. The molecule has 1 saturated carbocycles. The van der Waals surface area contributed by atoms with Gasteiger partial charge in [0, 0.05) is 25.0 Å². The van der Waals surface area contributed by atoms with E-state index in [2.05, 4.69) is 5.32 Å². The van der Waals surface area contributed by atoms with Gasteiger partial charge >= 0.3 is 12.0 Å². The Morgan fingerprint density at radius 3 is 2.91 bits per heavy atom. The number of benzene rings is 1. The summed E-state index contributed by atoms with van der Waals surface area (Å²) in [5, 5.41) is 2.97. The summed E-state index contributed by atoms with van der Waals surface area (Å²) in [5.74, 6) is -0.367. The standard InChI is InChI=1S/C17H21FN2O3/c1-17(15(21)23-2)6-7-20(10-17)16(22)19-14-9-13(14)11-4-3-5-12(18)8-11/h3-5,8,13-14H,6-7,9-10H2,1-2H3,(H,19,22)/t13-,14+,17-/m1/s1. The topological polar surface area (TPSA) is 58.6 Å². The molecule has 1 aromatic carbocycles. The molecule has 0 spiro atoms. The highest BCUT2D eigenvalue weighted by Crippen LogP contribution is 2.41. The highest BCUT2D eigenvalue weighted by Gasteiger charge is 2.45. The van der Waals surface area contributed by atoms with Crippen LogP contribution in [0.25, 0.3) is 0 Å². The van der Waals surface area contributed by atoms with Crippen molar-refractivity contribution in [3.63, 3.8) is 0 Å². The largest absolute Gasteiger partial charge is 0.469 e. The van der Waals surface area contributed by atoms with Gasteiger partial charge in [0.15, 0.2) is 0 Å². The zero-order valence-corrected chi connectivity index (χ0v) is 13.3. The number of methoxy groups -OCH3 is 1. The number of nitrogens with one attached hydrogen (secondary N) is 1. The van der Waals surface area contributed by atoms with Crippen molar-refractivity contribution < 1.29 is 18.7 Å². The van der Waals surface area contributed by atoms with Crippen molar-refractivity contribution in [2.45, 2.75) is 31.7 Å². The summed E-state index contributed by atoms with van der Waals surface area (Å²) < 4.78 is 18.1. The molecule has 1 saturated heterocycles. The first kappa shape index (κ1) is 15.8. The number of amides is 2. The second-order valence-electron chi connectivity index (χ2n) is 6.68. The van der Waals surface area contributed by atoms with E-state index in [1.54, 1.807) is 11.0 Å². The zero-order valence-electron chi connectivity index (χ0n) is 13.3. The van der Waals surface area contributed by atoms with Crippen LogP contribution in [-0.2, 0) is 9.53 Å². The van der Waals surface area contributed by atoms with Crippen LogP contribution in [0, 0.1) is 11.2 Å². The maximum Gasteiger partial charge on any atom is 0.317 e. The Balaban J connectivity index is 1.55. The molecule has 0 radical (unpaired) electrons. The highest BCUT2D eigenvalue weighted by atomic mass is 19.1. The average molecular weight is 320 g/mol. The summed E-state index contributed by atoms with van der Waals surface area (Å²) in [6, 6.07) is 6.36. The summed E-state index contributed by atoms with van der Waals surface area (Å²) >= 11 is 0. The van der Waals surface area contributed by atoms with Crippen molar-refractivity contribution in [2.24, 2.45) is 5.41 Å². The summed E-state index contributed by atoms with van der Waals surface area (Å²) in [6.07, 6.45) is 1.42. The number of hydrogen-bond acceptors (Lipinski definition) is 3. The van der Waals surface area contributed by atoms with Gasteiger partial charge in [0.2, 0.25) is 0 Å². The summed E-state index contributed by atoms with van der Waals surface area (Å²) in [4.78, 5) is 25.8. The second kappa shape index (κ2) is 5.83. The summed E-state index contributed by atoms with van der Waals surface area (Å²) in [6.45, 7) is 2.72. The number of ether oxygens (including phenoxy) is 1. The number of rotatable bonds is 3. The Labute approximate surface area is 134 Å². The van der Waals surface area contributed by atoms with Gasteiger partial charge in [-0.25, -0.2) is 9.18 Å². The Morgan fingerprint density at radius 2 is 2.22 bits per heavy atom. The third-order valence-electron chi connectivity index (χ3n) is 4.81. The third kappa shape index (κ3) is 3.16. The molecule has 2 aliphatic rings. The molecule has 6 heteroatoms. The fourth-order valence-electron chi connectivity index (χ4n) is 3.26. The molecule has 1 N–H and O–H groups in total. The van der Waals surface area contributed by atoms with Gasteiger partial charge in [0.05, 0.1) is 12.5 Å². The van der Waals surface area contributed by atoms with E-state index in [1.165, 1.54) is 19.2 Å². The van der Waals surface area contributed by atoms with Crippen LogP contribution in [0.15, 0.2) is 24.3 Å². The van der Waals surface area contributed by atoms with Crippen molar-refractivity contribution in [3.8, 4) is 0 Å². The first-order chi connectivity index (χ1) is 10.9. The average Bonchev–Trinajstić information content (AvgIpc) is 3.18. The number of carbonyl (C=O) groups excluding carboxylic acids is 2. The molecule has 23 heavy (non-hydrogen) atoms. The summed E-state index contributed by atoms with van der Waals surface area (Å²) in [7, 11) is 1.37. The molecular formula is C17H21FN2O3. The molecule has 1 aliphatic carbocycles. The van der Waals surface area contributed by atoms with Gasteiger partial charge in [-0.2, -0.15) is 0 Å². The minimum Gasteiger partial charge on any atom is -0.469 e. The number of urea groups is 1. The number of esters is 1. The van der Waals surface area contributed by atoms with E-state index in [4.69, 9.17) is 4.74 Å². The van der Waals surface area contributed by atoms with Crippen LogP contribution >= 0.6 is 0 Å². The summed E-state index contributed by atoms with van der Waals surface area (Å²) in [5.41, 5.74) is 0.286. The van der Waals surface area contributed by atoms with Crippen LogP contribution in [0.2, 0.25) is 0 Å². The highest BCUT2D eigenvalue weighted by molar-refractivity contribution is 5.81. The lowest BCUT2D eigenvalue weighted by molar-refractivity contribution is -0.150. The SMILES string of the molecule is COC(=O)[C@]1(C)CCN(C(=O)N[C@H]2C[C@@H]2c2cccc(F)c2)C1. The van der Waals surface area contributed by atoms with Gasteiger partial charge in [0.25, 0.3) is 0 Å². The van der Waals surface area contributed by atoms with Crippen LogP contribution in [0.5, 0.6) is 0 Å². The van der Waals surface area contributed by atoms with E-state index in [0.29, 0.717) is 19.5 Å². The molecule has 1 heterocycles. The van der Waals surface area contributed by atoms with Gasteiger partial charge in [-0.1, -0.05) is 12.1 Å². The molecule has 1 aliphatic heterocycles. The fraction of sp³-hybridized carbons (Fsp3) is 0.529. The molecule has 124 valence electrons. The monoisotopic (exact) mass is 320 g/mol. The molecule has 0 bridgehead atoms. The molecule has 1 aromatic rings. The molecule has 0 aromatic heterocycles. The number of hydrogen-bond donors (Lipinski definition) is 1. The van der Waals surface area contributed by atoms with Crippen molar-refractivity contribution in [1.29, 1.82) is 0 Å². The Kier molecular flexibility index (Phi) is 4.00. The van der Waals surface area contributed by atoms with Crippen LogP contribution in [0.1, 0.15) is 31.2 Å². The predicted molar refractivity (Wildman–Crippen MR) is 82.4 cm³/mol. The van der Waals surface area contributed by atoms with Crippen LogP contribution < -0.4 is 5.32 Å². The van der Waals surface area contributed by atoms with Gasteiger partial charge in [-0.3, -0.25) is 4.79 Å². The number of carbonyl (C=O) groups is 2. The molecular weight excluding hydrogens is 299 g/mol. The number of nitrogens with zero attached hydrogens (tertiary/aromatic N) is 1. The van der Waals surface area contributed by atoms with E-state index in [-0.39, 0.29) is 29.8 Å². The van der Waals surface area contributed by atoms with E-state index < -0.39 is 5.41 Å². The second-order valence-corrected chi connectivity index (χ2v) is 6.68. The Bertz CT molecular complexity index is 636. The zero-order chi connectivity index (χ0) is 16.6. The minimum absolute atomic E-state index is 0.0364. The molecule has 2 fully saturated rings. The maximum absolute atomic E-state index is 13.2. The van der Waals surface area contributed by atoms with E-state index in [1.807, 2.05) is 13.0 Å². The van der Waals surface area contributed by atoms with Gasteiger partial charge in [0.1, 0.15) is 5.82 Å². The van der Waals surface area contributed by atoms with E-state index in [9.17, 15) is 14.0 Å². The van der Waals surface area contributed by atoms with Crippen LogP contribution in [0.4, 0.5) is 9.18 Å². The quantitative estimate of drug-likeness (QED) is 0.869. The van der Waals surface area contributed by atoms with Crippen molar-refractivity contribution in [2.75, 3.05) is 20.2 Å². The van der Waals surface area contributed by atoms with Crippen molar-refractivity contribution in [3.05, 3.63) is 35.6 Å². The fourth-order valence-corrected chi connectivity index (χ4v) is 3.26.